The van der Waals surface area contributed by atoms with Gasteiger partial charge in [-0.2, -0.15) is 0 Å². The van der Waals surface area contributed by atoms with Gasteiger partial charge in [0.25, 0.3) is 0 Å². The fourth-order valence-corrected chi connectivity index (χ4v) is 3.30. The Morgan fingerprint density at radius 2 is 1.95 bits per heavy atom. The van der Waals surface area contributed by atoms with Gasteiger partial charge in [-0.1, -0.05) is 12.1 Å². The van der Waals surface area contributed by atoms with Gasteiger partial charge in [0.1, 0.15) is 0 Å². The Labute approximate surface area is 127 Å². The van der Waals surface area contributed by atoms with E-state index in [0.717, 1.165) is 24.9 Å². The fourth-order valence-electron chi connectivity index (χ4n) is 2.28. The number of likely N-dealkylation sites (N-methyl/N-ethyl adjacent to an activating group) is 1. The number of rotatable bonds is 9. The molecule has 1 aromatic carbocycles. The van der Waals surface area contributed by atoms with Crippen LogP contribution in [0.1, 0.15) is 24.8 Å². The molecule has 0 aliphatic heterocycles. The molecule has 0 heterocycles. The van der Waals surface area contributed by atoms with E-state index >= 15 is 0 Å². The molecule has 0 amide bonds. The normalized spacial score (nSPS) is 15.6. The molecule has 0 atom stereocenters. The molecule has 0 spiro atoms. The summed E-state index contributed by atoms with van der Waals surface area (Å²) in [6.07, 6.45) is 4.26. The van der Waals surface area contributed by atoms with Crippen LogP contribution in [0.3, 0.4) is 0 Å². The van der Waals surface area contributed by atoms with Crippen molar-refractivity contribution in [3.05, 3.63) is 29.8 Å². The molecule has 0 saturated heterocycles. The van der Waals surface area contributed by atoms with Crippen molar-refractivity contribution in [1.29, 1.82) is 0 Å². The van der Waals surface area contributed by atoms with Crippen LogP contribution in [0.2, 0.25) is 0 Å². The summed E-state index contributed by atoms with van der Waals surface area (Å²) in [4.78, 5) is 2.53. The van der Waals surface area contributed by atoms with E-state index in [1.165, 1.54) is 12.8 Å². The van der Waals surface area contributed by atoms with Crippen LogP contribution in [0, 0.1) is 0 Å². The number of nitrogens with one attached hydrogen (secondary N) is 1. The molecule has 0 aromatic heterocycles. The van der Waals surface area contributed by atoms with E-state index in [1.54, 1.807) is 12.1 Å². The van der Waals surface area contributed by atoms with E-state index in [0.29, 0.717) is 24.0 Å². The first-order valence-electron chi connectivity index (χ1n) is 7.52. The van der Waals surface area contributed by atoms with Crippen molar-refractivity contribution in [2.75, 3.05) is 26.7 Å². The minimum atomic E-state index is -3.40. The standard InChI is InChI=1S/C15H25N3O2S/c1-18(14-6-7-14)12-11-17-21(19,20)15-8-4-13(5-9-15)3-2-10-16/h4-5,8-9,14,17H,2-3,6-7,10-12,16H2,1H3. The van der Waals surface area contributed by atoms with Crippen LogP contribution in [0.5, 0.6) is 0 Å². The van der Waals surface area contributed by atoms with E-state index in [2.05, 4.69) is 9.62 Å². The topological polar surface area (TPSA) is 75.4 Å². The zero-order valence-corrected chi connectivity index (χ0v) is 13.4. The van der Waals surface area contributed by atoms with Crippen molar-refractivity contribution in [3.63, 3.8) is 0 Å². The van der Waals surface area contributed by atoms with Gasteiger partial charge in [0.15, 0.2) is 0 Å². The lowest BCUT2D eigenvalue weighted by Gasteiger charge is -2.15. The molecule has 0 unspecified atom stereocenters. The molecule has 1 fully saturated rings. The summed E-state index contributed by atoms with van der Waals surface area (Å²) in [7, 11) is -1.36. The highest BCUT2D eigenvalue weighted by atomic mass is 32.2. The lowest BCUT2D eigenvalue weighted by atomic mass is 10.1. The molecule has 0 radical (unpaired) electrons. The summed E-state index contributed by atoms with van der Waals surface area (Å²) < 4.78 is 27.0. The van der Waals surface area contributed by atoms with Gasteiger partial charge in [-0.25, -0.2) is 13.1 Å². The molecule has 2 rings (SSSR count). The number of nitrogens with zero attached hydrogens (tertiary/aromatic N) is 1. The minimum absolute atomic E-state index is 0.327. The second-order valence-electron chi connectivity index (χ2n) is 5.65. The lowest BCUT2D eigenvalue weighted by molar-refractivity contribution is 0.329. The smallest absolute Gasteiger partial charge is 0.240 e. The van der Waals surface area contributed by atoms with Crippen molar-refractivity contribution in [3.8, 4) is 0 Å². The van der Waals surface area contributed by atoms with Gasteiger partial charge in [-0.05, 0) is 57.0 Å². The monoisotopic (exact) mass is 311 g/mol. The maximum absolute atomic E-state index is 12.2. The molecule has 0 bridgehead atoms. The van der Waals surface area contributed by atoms with Gasteiger partial charge in [0.2, 0.25) is 10.0 Å². The number of sulfonamides is 1. The van der Waals surface area contributed by atoms with E-state index in [-0.39, 0.29) is 0 Å². The predicted molar refractivity (Wildman–Crippen MR) is 84.7 cm³/mol. The molecule has 6 heteroatoms. The highest BCUT2D eigenvalue weighted by Gasteiger charge is 2.25. The van der Waals surface area contributed by atoms with Crippen LogP contribution in [-0.4, -0.2) is 46.0 Å². The summed E-state index contributed by atoms with van der Waals surface area (Å²) >= 11 is 0. The van der Waals surface area contributed by atoms with Crippen LogP contribution in [-0.2, 0) is 16.4 Å². The van der Waals surface area contributed by atoms with E-state index < -0.39 is 10.0 Å². The average molecular weight is 311 g/mol. The second-order valence-corrected chi connectivity index (χ2v) is 7.41. The summed E-state index contributed by atoms with van der Waals surface area (Å²) in [5.74, 6) is 0. The number of aryl methyl sites for hydroxylation is 1. The molecule has 118 valence electrons. The summed E-state index contributed by atoms with van der Waals surface area (Å²) in [5, 5.41) is 0. The Bertz CT molecular complexity index is 539. The van der Waals surface area contributed by atoms with E-state index in [1.807, 2.05) is 19.2 Å². The summed E-state index contributed by atoms with van der Waals surface area (Å²) in [6.45, 7) is 1.85. The third-order valence-corrected chi connectivity index (χ3v) is 5.31. The second kappa shape index (κ2) is 7.35. The number of hydrogen-bond donors (Lipinski definition) is 2. The van der Waals surface area contributed by atoms with Gasteiger partial charge >= 0.3 is 0 Å². The largest absolute Gasteiger partial charge is 0.330 e. The number of benzene rings is 1. The van der Waals surface area contributed by atoms with Crippen LogP contribution < -0.4 is 10.5 Å². The lowest BCUT2D eigenvalue weighted by Crippen LogP contribution is -2.33. The molecular formula is C15H25N3O2S. The van der Waals surface area contributed by atoms with Gasteiger partial charge in [0.05, 0.1) is 4.90 Å². The Kier molecular flexibility index (Phi) is 5.75. The van der Waals surface area contributed by atoms with Crippen molar-refractivity contribution in [1.82, 2.24) is 9.62 Å². The number of hydrogen-bond acceptors (Lipinski definition) is 4. The van der Waals surface area contributed by atoms with Crippen molar-refractivity contribution in [2.45, 2.75) is 36.6 Å². The highest BCUT2D eigenvalue weighted by Crippen LogP contribution is 2.24. The highest BCUT2D eigenvalue weighted by molar-refractivity contribution is 7.89. The first-order chi connectivity index (χ1) is 10.0. The van der Waals surface area contributed by atoms with E-state index in [9.17, 15) is 8.42 Å². The SMILES string of the molecule is CN(CCNS(=O)(=O)c1ccc(CCCN)cc1)C1CC1. The maximum atomic E-state index is 12.2. The quantitative estimate of drug-likeness (QED) is 0.712. The van der Waals surface area contributed by atoms with Crippen molar-refractivity contribution >= 4 is 10.0 Å². The number of nitrogens with two attached hydrogens (primary N) is 1. The Morgan fingerprint density at radius 3 is 2.52 bits per heavy atom. The first kappa shape index (κ1) is 16.4. The zero-order valence-electron chi connectivity index (χ0n) is 12.6. The van der Waals surface area contributed by atoms with Gasteiger partial charge in [-0.3, -0.25) is 0 Å². The molecular weight excluding hydrogens is 286 g/mol. The fraction of sp³-hybridized carbons (Fsp3) is 0.600. The van der Waals surface area contributed by atoms with Gasteiger partial charge < -0.3 is 10.6 Å². The van der Waals surface area contributed by atoms with Crippen molar-refractivity contribution < 1.29 is 8.42 Å². The third kappa shape index (κ3) is 5.07. The van der Waals surface area contributed by atoms with Crippen LogP contribution in [0.25, 0.3) is 0 Å². The zero-order chi connectivity index (χ0) is 15.3. The van der Waals surface area contributed by atoms with Gasteiger partial charge in [-0.15, -0.1) is 0 Å². The molecule has 1 aromatic rings. The Hall–Kier alpha value is -0.950. The first-order valence-corrected chi connectivity index (χ1v) is 9.00. The molecule has 3 N–H and O–H groups in total. The maximum Gasteiger partial charge on any atom is 0.240 e. The average Bonchev–Trinajstić information content (AvgIpc) is 3.30. The molecule has 21 heavy (non-hydrogen) atoms. The Morgan fingerprint density at radius 1 is 1.29 bits per heavy atom. The van der Waals surface area contributed by atoms with Crippen molar-refractivity contribution in [2.24, 2.45) is 5.73 Å². The summed E-state index contributed by atoms with van der Waals surface area (Å²) in [5.41, 5.74) is 6.59. The van der Waals surface area contributed by atoms with Crippen LogP contribution >= 0.6 is 0 Å². The van der Waals surface area contributed by atoms with Crippen LogP contribution in [0.4, 0.5) is 0 Å². The molecule has 1 aliphatic rings. The molecule has 5 nitrogen and oxygen atoms in total. The predicted octanol–water partition coefficient (Wildman–Crippen LogP) is 0.950. The minimum Gasteiger partial charge on any atom is -0.330 e. The molecule has 1 saturated carbocycles. The third-order valence-electron chi connectivity index (χ3n) is 3.83. The summed E-state index contributed by atoms with van der Waals surface area (Å²) in [6, 6.07) is 7.70. The Balaban J connectivity index is 1.85. The van der Waals surface area contributed by atoms with Crippen LogP contribution in [0.15, 0.2) is 29.2 Å². The van der Waals surface area contributed by atoms with Gasteiger partial charge in [0, 0.05) is 19.1 Å². The van der Waals surface area contributed by atoms with E-state index in [4.69, 9.17) is 5.73 Å². The molecule has 1 aliphatic carbocycles.